The van der Waals surface area contributed by atoms with Crippen LogP contribution in [0.3, 0.4) is 0 Å². The molecule has 1 N–H and O–H groups in total. The van der Waals surface area contributed by atoms with Crippen LogP contribution in [-0.4, -0.2) is 50.0 Å². The molecule has 0 aliphatic carbocycles. The Morgan fingerprint density at radius 2 is 1.55 bits per heavy atom. The summed E-state index contributed by atoms with van der Waals surface area (Å²) in [5.41, 5.74) is 3.04. The Hall–Kier alpha value is -3.17. The second-order valence-corrected chi connectivity index (χ2v) is 14.6. The van der Waals surface area contributed by atoms with Crippen LogP contribution in [0.4, 0.5) is 5.69 Å². The van der Waals surface area contributed by atoms with Gasteiger partial charge in [-0.1, -0.05) is 98.2 Å². The molecule has 0 aliphatic heterocycles. The molecule has 42 heavy (non-hydrogen) atoms. The maximum atomic E-state index is 14.2. The summed E-state index contributed by atoms with van der Waals surface area (Å²) in [6.07, 6.45) is 2.10. The van der Waals surface area contributed by atoms with Gasteiger partial charge in [0, 0.05) is 23.5 Å². The molecule has 7 nitrogen and oxygen atoms in total. The van der Waals surface area contributed by atoms with E-state index in [-0.39, 0.29) is 30.3 Å². The first-order chi connectivity index (χ1) is 19.7. The van der Waals surface area contributed by atoms with Gasteiger partial charge >= 0.3 is 0 Å². The Kier molecular flexibility index (Phi) is 11.4. The smallest absolute Gasteiger partial charge is 0.244 e. The number of carbonyl (C=O) groups excluding carboxylic acids is 2. The van der Waals surface area contributed by atoms with E-state index in [0.717, 1.165) is 38.1 Å². The number of rotatable bonds is 12. The number of halogens is 1. The average Bonchev–Trinajstić information content (AvgIpc) is 2.93. The van der Waals surface area contributed by atoms with Gasteiger partial charge in [-0.15, -0.1) is 0 Å². The predicted octanol–water partition coefficient (Wildman–Crippen LogP) is 6.07. The summed E-state index contributed by atoms with van der Waals surface area (Å²) in [6, 6.07) is 23.3. The SMILES string of the molecule is CC[C@@H](C)NC(=O)[C@H](Cc1ccccc1)N(Cc1cccc(Br)c1)C(=O)CN(c1ccc(C(C)(C)C)cc1)S(C)(=O)=O. The number of anilines is 1. The highest BCUT2D eigenvalue weighted by Crippen LogP contribution is 2.26. The average molecular weight is 657 g/mol. The molecule has 0 bridgehead atoms. The molecule has 0 aromatic heterocycles. The van der Waals surface area contributed by atoms with Crippen LogP contribution in [0, 0.1) is 0 Å². The minimum atomic E-state index is -3.82. The highest BCUT2D eigenvalue weighted by atomic mass is 79.9. The molecule has 0 radical (unpaired) electrons. The number of hydrogen-bond acceptors (Lipinski definition) is 4. The molecule has 0 saturated carbocycles. The first-order valence-electron chi connectivity index (χ1n) is 14.2. The summed E-state index contributed by atoms with van der Waals surface area (Å²) in [5, 5.41) is 3.04. The largest absolute Gasteiger partial charge is 0.352 e. The molecule has 0 aliphatic rings. The van der Waals surface area contributed by atoms with Crippen molar-refractivity contribution >= 4 is 43.5 Å². The number of amides is 2. The lowest BCUT2D eigenvalue weighted by Gasteiger charge is -2.34. The molecule has 0 unspecified atom stereocenters. The van der Waals surface area contributed by atoms with E-state index in [1.165, 1.54) is 4.90 Å². The summed E-state index contributed by atoms with van der Waals surface area (Å²) in [7, 11) is -3.82. The fourth-order valence-corrected chi connectivity index (χ4v) is 5.86. The number of nitrogens with one attached hydrogen (secondary N) is 1. The van der Waals surface area contributed by atoms with Crippen molar-refractivity contribution in [1.82, 2.24) is 10.2 Å². The molecule has 3 aromatic rings. The van der Waals surface area contributed by atoms with Crippen molar-refractivity contribution in [3.63, 3.8) is 0 Å². The molecule has 2 atom stereocenters. The second-order valence-electron chi connectivity index (χ2n) is 11.7. The van der Waals surface area contributed by atoms with E-state index in [4.69, 9.17) is 0 Å². The third kappa shape index (κ3) is 9.42. The summed E-state index contributed by atoms with van der Waals surface area (Å²) >= 11 is 3.50. The molecule has 9 heteroatoms. The molecular formula is C33H42BrN3O4S. The summed E-state index contributed by atoms with van der Waals surface area (Å²) < 4.78 is 28.0. The van der Waals surface area contributed by atoms with Gasteiger partial charge in [-0.2, -0.15) is 0 Å². The quantitative estimate of drug-likeness (QED) is 0.257. The van der Waals surface area contributed by atoms with Crippen LogP contribution < -0.4 is 9.62 Å². The lowest BCUT2D eigenvalue weighted by molar-refractivity contribution is -0.140. The molecule has 0 spiro atoms. The van der Waals surface area contributed by atoms with Crippen molar-refractivity contribution in [2.75, 3.05) is 17.1 Å². The molecule has 2 amide bonds. The van der Waals surface area contributed by atoms with E-state index in [9.17, 15) is 18.0 Å². The summed E-state index contributed by atoms with van der Waals surface area (Å²) in [6.45, 7) is 9.83. The Morgan fingerprint density at radius 3 is 2.10 bits per heavy atom. The van der Waals surface area contributed by atoms with Crippen LogP contribution in [0.1, 0.15) is 57.7 Å². The maximum Gasteiger partial charge on any atom is 0.244 e. The molecule has 0 saturated heterocycles. The zero-order valence-corrected chi connectivity index (χ0v) is 27.7. The molecule has 0 fully saturated rings. The van der Waals surface area contributed by atoms with E-state index < -0.39 is 28.5 Å². The molecule has 226 valence electrons. The Labute approximate surface area is 259 Å². The number of carbonyl (C=O) groups is 2. The second kappa shape index (κ2) is 14.3. The molecule has 0 heterocycles. The Morgan fingerprint density at radius 1 is 0.929 bits per heavy atom. The van der Waals surface area contributed by atoms with Gasteiger partial charge in [-0.05, 0) is 59.7 Å². The fraction of sp³-hybridized carbons (Fsp3) is 0.394. The monoisotopic (exact) mass is 655 g/mol. The van der Waals surface area contributed by atoms with Crippen LogP contribution in [0.15, 0.2) is 83.3 Å². The van der Waals surface area contributed by atoms with Crippen LogP contribution in [0.5, 0.6) is 0 Å². The van der Waals surface area contributed by atoms with Gasteiger partial charge in [0.05, 0.1) is 11.9 Å². The van der Waals surface area contributed by atoms with Gasteiger partial charge in [0.1, 0.15) is 12.6 Å². The van der Waals surface area contributed by atoms with Gasteiger partial charge < -0.3 is 10.2 Å². The van der Waals surface area contributed by atoms with Crippen LogP contribution >= 0.6 is 15.9 Å². The lowest BCUT2D eigenvalue weighted by atomic mass is 9.87. The minimum absolute atomic E-state index is 0.0903. The van der Waals surface area contributed by atoms with Gasteiger partial charge in [-0.25, -0.2) is 8.42 Å². The number of nitrogens with zero attached hydrogens (tertiary/aromatic N) is 2. The van der Waals surface area contributed by atoms with Gasteiger partial charge in [0.15, 0.2) is 0 Å². The zero-order chi connectivity index (χ0) is 31.1. The highest BCUT2D eigenvalue weighted by molar-refractivity contribution is 9.10. The topological polar surface area (TPSA) is 86.8 Å². The lowest BCUT2D eigenvalue weighted by Crippen LogP contribution is -2.54. The van der Waals surface area contributed by atoms with Crippen LogP contribution in [0.25, 0.3) is 0 Å². The third-order valence-electron chi connectivity index (χ3n) is 7.21. The highest BCUT2D eigenvalue weighted by Gasteiger charge is 2.33. The molecule has 3 aromatic carbocycles. The normalized spacial score (nSPS) is 13.2. The predicted molar refractivity (Wildman–Crippen MR) is 174 cm³/mol. The minimum Gasteiger partial charge on any atom is -0.352 e. The third-order valence-corrected chi connectivity index (χ3v) is 8.85. The van der Waals surface area contributed by atoms with E-state index in [2.05, 4.69) is 42.0 Å². The number of benzene rings is 3. The van der Waals surface area contributed by atoms with E-state index in [1.807, 2.05) is 80.6 Å². The van der Waals surface area contributed by atoms with Crippen molar-refractivity contribution in [2.45, 2.75) is 71.5 Å². The van der Waals surface area contributed by atoms with E-state index in [1.54, 1.807) is 12.1 Å². The first-order valence-corrected chi connectivity index (χ1v) is 16.8. The summed E-state index contributed by atoms with van der Waals surface area (Å²) in [5.74, 6) is -0.752. The van der Waals surface area contributed by atoms with Crippen molar-refractivity contribution in [2.24, 2.45) is 0 Å². The molecule has 3 rings (SSSR count). The standard InChI is InChI=1S/C33H42BrN3O4S/c1-7-24(2)35-32(39)30(21-25-12-9-8-10-13-25)36(22-26-14-11-15-28(34)20-26)31(38)23-37(42(6,40)41)29-18-16-27(17-19-29)33(3,4)5/h8-20,24,30H,7,21-23H2,1-6H3,(H,35,39)/t24-,30+/m1/s1. The first kappa shape index (κ1) is 33.3. The number of hydrogen-bond donors (Lipinski definition) is 1. The van der Waals surface area contributed by atoms with E-state index in [0.29, 0.717) is 5.69 Å². The Balaban J connectivity index is 2.06. The molecular weight excluding hydrogens is 614 g/mol. The maximum absolute atomic E-state index is 14.2. The van der Waals surface area contributed by atoms with Crippen LogP contribution in [0.2, 0.25) is 0 Å². The van der Waals surface area contributed by atoms with Gasteiger partial charge in [0.25, 0.3) is 0 Å². The number of sulfonamides is 1. The van der Waals surface area contributed by atoms with Crippen molar-refractivity contribution in [3.05, 3.63) is 100 Å². The van der Waals surface area contributed by atoms with Crippen molar-refractivity contribution < 1.29 is 18.0 Å². The van der Waals surface area contributed by atoms with Gasteiger partial charge in [0.2, 0.25) is 21.8 Å². The van der Waals surface area contributed by atoms with Crippen molar-refractivity contribution in [1.29, 1.82) is 0 Å². The van der Waals surface area contributed by atoms with E-state index >= 15 is 0 Å². The fourth-order valence-electron chi connectivity index (χ4n) is 4.57. The van der Waals surface area contributed by atoms with Crippen molar-refractivity contribution in [3.8, 4) is 0 Å². The zero-order valence-electron chi connectivity index (χ0n) is 25.3. The van der Waals surface area contributed by atoms with Crippen LogP contribution in [-0.2, 0) is 38.0 Å². The van der Waals surface area contributed by atoms with Gasteiger partial charge in [-0.3, -0.25) is 13.9 Å². The Bertz CT molecular complexity index is 1450. The summed E-state index contributed by atoms with van der Waals surface area (Å²) in [4.78, 5) is 29.5.